The number of nitrogens with zero attached hydrogens (tertiary/aromatic N) is 2. The van der Waals surface area contributed by atoms with Gasteiger partial charge >= 0.3 is 6.03 Å². The fourth-order valence-corrected chi connectivity index (χ4v) is 4.26. The van der Waals surface area contributed by atoms with E-state index in [1.54, 1.807) is 49.4 Å². The van der Waals surface area contributed by atoms with Crippen molar-refractivity contribution in [3.05, 3.63) is 68.4 Å². The zero-order valence-corrected chi connectivity index (χ0v) is 18.2. The third-order valence-corrected chi connectivity index (χ3v) is 6.02. The summed E-state index contributed by atoms with van der Waals surface area (Å²) in [7, 11) is 0. The molecule has 7 nitrogen and oxygen atoms in total. The molecule has 30 heavy (non-hydrogen) atoms. The number of halogens is 2. The number of aromatic nitrogens is 2. The van der Waals surface area contributed by atoms with Crippen LogP contribution < -0.4 is 16.6 Å². The molecule has 3 aromatic rings. The number of thioether (sulfide) groups is 1. The smallest absolute Gasteiger partial charge is 0.318 e. The molecule has 3 rings (SSSR count). The van der Waals surface area contributed by atoms with E-state index >= 15 is 0 Å². The zero-order valence-electron chi connectivity index (χ0n) is 15.9. The van der Waals surface area contributed by atoms with Gasteiger partial charge in [0.2, 0.25) is 5.91 Å². The summed E-state index contributed by atoms with van der Waals surface area (Å²) in [6.45, 7) is 1.90. The van der Waals surface area contributed by atoms with Crippen LogP contribution in [-0.4, -0.2) is 26.7 Å². The van der Waals surface area contributed by atoms with Gasteiger partial charge < -0.3 is 5.73 Å². The molecule has 3 N–H and O–H groups in total. The second-order valence-electron chi connectivity index (χ2n) is 6.47. The number of carbonyl (C=O) groups excluding carboxylic acids is 2. The van der Waals surface area contributed by atoms with Crippen molar-refractivity contribution in [1.82, 2.24) is 14.9 Å². The Morgan fingerprint density at radius 2 is 1.97 bits per heavy atom. The van der Waals surface area contributed by atoms with E-state index in [2.05, 4.69) is 4.98 Å². The van der Waals surface area contributed by atoms with Crippen LogP contribution in [0.5, 0.6) is 0 Å². The lowest BCUT2D eigenvalue weighted by atomic mass is 10.1. The van der Waals surface area contributed by atoms with Crippen molar-refractivity contribution in [3.63, 3.8) is 0 Å². The lowest BCUT2D eigenvalue weighted by Crippen LogP contribution is -2.39. The van der Waals surface area contributed by atoms with E-state index in [4.69, 9.17) is 28.9 Å². The number of urea groups is 1. The van der Waals surface area contributed by atoms with Crippen LogP contribution in [0.25, 0.3) is 10.9 Å². The second kappa shape index (κ2) is 9.51. The Hall–Kier alpha value is -2.55. The van der Waals surface area contributed by atoms with Crippen molar-refractivity contribution < 1.29 is 9.59 Å². The van der Waals surface area contributed by atoms with Crippen molar-refractivity contribution in [3.8, 4) is 0 Å². The molecular formula is C20H18Cl2N4O3S. The first-order valence-electron chi connectivity index (χ1n) is 8.96. The molecule has 3 amide bonds. The summed E-state index contributed by atoms with van der Waals surface area (Å²) in [6.07, 6.45) is 0.464. The first kappa shape index (κ1) is 22.1. The highest BCUT2D eigenvalue weighted by atomic mass is 35.5. The largest absolute Gasteiger partial charge is 0.351 e. The van der Waals surface area contributed by atoms with Crippen LogP contribution in [0, 0.1) is 0 Å². The van der Waals surface area contributed by atoms with E-state index in [0.717, 1.165) is 17.3 Å². The van der Waals surface area contributed by atoms with Crippen LogP contribution in [0.1, 0.15) is 12.5 Å². The molecule has 0 aliphatic rings. The molecule has 156 valence electrons. The molecule has 0 saturated carbocycles. The Morgan fingerprint density at radius 3 is 2.67 bits per heavy atom. The third kappa shape index (κ3) is 5.13. The molecule has 0 radical (unpaired) electrons. The van der Waals surface area contributed by atoms with E-state index in [0.29, 0.717) is 39.1 Å². The summed E-state index contributed by atoms with van der Waals surface area (Å²) < 4.78 is 1.51. The predicted molar refractivity (Wildman–Crippen MR) is 119 cm³/mol. The topological polar surface area (TPSA) is 107 Å². The third-order valence-electron chi connectivity index (χ3n) is 4.34. The summed E-state index contributed by atoms with van der Waals surface area (Å²) >= 11 is 13.3. The van der Waals surface area contributed by atoms with Crippen molar-refractivity contribution >= 4 is 57.8 Å². The number of primary amides is 1. The normalized spacial score (nSPS) is 12.0. The lowest BCUT2D eigenvalue weighted by molar-refractivity contribution is -0.119. The number of rotatable bonds is 6. The Kier molecular flexibility index (Phi) is 7.02. The van der Waals surface area contributed by atoms with Crippen molar-refractivity contribution in [2.45, 2.75) is 30.3 Å². The monoisotopic (exact) mass is 464 g/mol. The van der Waals surface area contributed by atoms with Crippen LogP contribution in [0.2, 0.25) is 10.0 Å². The van der Waals surface area contributed by atoms with Crippen LogP contribution in [0.15, 0.2) is 52.4 Å². The maximum Gasteiger partial charge on any atom is 0.318 e. The van der Waals surface area contributed by atoms with Crippen LogP contribution in [0.3, 0.4) is 0 Å². The number of hydrogen-bond acceptors (Lipinski definition) is 5. The van der Waals surface area contributed by atoms with Gasteiger partial charge in [-0.15, -0.1) is 0 Å². The SMILES string of the molecule is CC(Sc1nc2ccccc2c(=O)n1CCc1ccc(Cl)cc1Cl)C(=O)NC(N)=O. The van der Waals surface area contributed by atoms with Gasteiger partial charge in [-0.1, -0.05) is 53.2 Å². The first-order valence-corrected chi connectivity index (χ1v) is 10.6. The summed E-state index contributed by atoms with van der Waals surface area (Å²) in [5.74, 6) is -0.567. The van der Waals surface area contributed by atoms with Gasteiger partial charge in [0, 0.05) is 16.6 Å². The maximum absolute atomic E-state index is 13.1. The van der Waals surface area contributed by atoms with E-state index in [1.807, 2.05) is 5.32 Å². The number of para-hydroxylation sites is 1. The number of carbonyl (C=O) groups is 2. The summed E-state index contributed by atoms with van der Waals surface area (Å²) in [5.41, 5.74) is 6.14. The molecule has 0 saturated heterocycles. The molecule has 1 heterocycles. The minimum Gasteiger partial charge on any atom is -0.351 e. The van der Waals surface area contributed by atoms with E-state index in [-0.39, 0.29) is 5.56 Å². The fourth-order valence-electron chi connectivity index (χ4n) is 2.83. The van der Waals surface area contributed by atoms with Crippen LogP contribution >= 0.6 is 35.0 Å². The Bertz CT molecular complexity index is 1180. The number of benzene rings is 2. The molecule has 0 aliphatic heterocycles. The predicted octanol–water partition coefficient (Wildman–Crippen LogP) is 3.62. The van der Waals surface area contributed by atoms with Crippen molar-refractivity contribution in [1.29, 1.82) is 0 Å². The molecule has 1 aromatic heterocycles. The molecule has 1 unspecified atom stereocenters. The van der Waals surface area contributed by atoms with Gasteiger partial charge in [0.15, 0.2) is 5.16 Å². The zero-order chi connectivity index (χ0) is 21.8. The summed E-state index contributed by atoms with van der Waals surface area (Å²) in [4.78, 5) is 40.7. The van der Waals surface area contributed by atoms with Gasteiger partial charge in [0.25, 0.3) is 5.56 Å². The highest BCUT2D eigenvalue weighted by Crippen LogP contribution is 2.25. The molecule has 10 heteroatoms. The van der Waals surface area contributed by atoms with Gasteiger partial charge in [0.1, 0.15) is 0 Å². The molecule has 1 atom stereocenters. The number of amides is 3. The summed E-state index contributed by atoms with van der Waals surface area (Å²) in [5, 5.41) is 3.20. The van der Waals surface area contributed by atoms with Crippen molar-refractivity contribution in [2.75, 3.05) is 0 Å². The average Bonchev–Trinajstić information content (AvgIpc) is 2.68. The number of fused-ring (bicyclic) bond motifs is 1. The lowest BCUT2D eigenvalue weighted by Gasteiger charge is -2.16. The second-order valence-corrected chi connectivity index (χ2v) is 8.62. The number of imide groups is 1. The van der Waals surface area contributed by atoms with Gasteiger partial charge in [-0.05, 0) is 43.2 Å². The van der Waals surface area contributed by atoms with Gasteiger partial charge in [-0.25, -0.2) is 9.78 Å². The quantitative estimate of drug-likeness (QED) is 0.427. The minimum absolute atomic E-state index is 0.226. The number of aryl methyl sites for hydroxylation is 1. The number of hydrogen-bond donors (Lipinski definition) is 2. The Morgan fingerprint density at radius 1 is 1.23 bits per heavy atom. The van der Waals surface area contributed by atoms with Crippen LogP contribution in [-0.2, 0) is 17.8 Å². The summed E-state index contributed by atoms with van der Waals surface area (Å²) in [6, 6.07) is 11.2. The molecule has 0 bridgehead atoms. The van der Waals surface area contributed by atoms with E-state index in [9.17, 15) is 14.4 Å². The molecule has 0 fully saturated rings. The Labute approximate surface area is 186 Å². The van der Waals surface area contributed by atoms with E-state index < -0.39 is 17.2 Å². The molecular weight excluding hydrogens is 447 g/mol. The highest BCUT2D eigenvalue weighted by Gasteiger charge is 2.20. The fraction of sp³-hybridized carbons (Fsp3) is 0.200. The highest BCUT2D eigenvalue weighted by molar-refractivity contribution is 8.00. The maximum atomic E-state index is 13.1. The Balaban J connectivity index is 1.97. The van der Waals surface area contributed by atoms with Gasteiger partial charge in [-0.3, -0.25) is 19.5 Å². The van der Waals surface area contributed by atoms with Crippen LogP contribution in [0.4, 0.5) is 4.79 Å². The van der Waals surface area contributed by atoms with E-state index in [1.165, 1.54) is 4.57 Å². The van der Waals surface area contributed by atoms with Crippen molar-refractivity contribution in [2.24, 2.45) is 5.73 Å². The van der Waals surface area contributed by atoms with Gasteiger partial charge in [0.05, 0.1) is 16.2 Å². The number of nitrogens with two attached hydrogens (primary N) is 1. The molecule has 2 aromatic carbocycles. The first-order chi connectivity index (χ1) is 14.3. The molecule has 0 aliphatic carbocycles. The average molecular weight is 465 g/mol. The van der Waals surface area contributed by atoms with Gasteiger partial charge in [-0.2, -0.15) is 0 Å². The number of nitrogens with one attached hydrogen (secondary N) is 1. The standard InChI is InChI=1S/C20H18Cl2N4O3S/c1-11(17(27)25-19(23)29)30-20-24-16-5-3-2-4-14(16)18(28)26(20)9-8-12-6-7-13(21)10-15(12)22/h2-7,10-11H,8-9H2,1H3,(H3,23,25,27,29). The minimum atomic E-state index is -0.936. The molecule has 0 spiro atoms.